The van der Waals surface area contributed by atoms with E-state index < -0.39 is 0 Å². The molecule has 0 saturated carbocycles. The molecule has 2 rings (SSSR count). The van der Waals surface area contributed by atoms with Crippen molar-refractivity contribution in [2.75, 3.05) is 44.4 Å². The maximum absolute atomic E-state index is 12.4. The molecular formula is C20H29Cl2N3O3. The van der Waals surface area contributed by atoms with Gasteiger partial charge in [0.1, 0.15) is 18.1 Å². The zero-order chi connectivity index (χ0) is 18.9. The number of nitrogen functional groups attached to an aromatic ring is 1. The summed E-state index contributed by atoms with van der Waals surface area (Å²) >= 11 is 0. The van der Waals surface area contributed by atoms with E-state index in [0.29, 0.717) is 29.3 Å². The van der Waals surface area contributed by atoms with E-state index in [1.807, 2.05) is 0 Å². The molecule has 2 aromatic rings. The normalized spacial score (nSPS) is 9.86. The molecular weight excluding hydrogens is 401 g/mol. The fourth-order valence-electron chi connectivity index (χ4n) is 2.50. The van der Waals surface area contributed by atoms with Gasteiger partial charge in [-0.05, 0) is 49.5 Å². The number of rotatable bonds is 9. The molecule has 28 heavy (non-hydrogen) atoms. The highest BCUT2D eigenvalue weighted by Gasteiger charge is 2.09. The summed E-state index contributed by atoms with van der Waals surface area (Å²) < 4.78 is 10.9. The van der Waals surface area contributed by atoms with Crippen molar-refractivity contribution >= 4 is 42.1 Å². The molecule has 2 aromatic carbocycles. The van der Waals surface area contributed by atoms with Gasteiger partial charge in [0.15, 0.2) is 0 Å². The molecule has 1 amide bonds. The van der Waals surface area contributed by atoms with E-state index in [2.05, 4.69) is 24.1 Å². The van der Waals surface area contributed by atoms with E-state index >= 15 is 0 Å². The van der Waals surface area contributed by atoms with E-state index in [9.17, 15) is 4.79 Å². The lowest BCUT2D eigenvalue weighted by Crippen LogP contribution is -2.27. The van der Waals surface area contributed by atoms with Crippen LogP contribution in [0, 0.1) is 0 Å². The lowest BCUT2D eigenvalue weighted by Gasteiger charge is -2.18. The number of nitrogens with zero attached hydrogens (tertiary/aromatic N) is 1. The summed E-state index contributed by atoms with van der Waals surface area (Å²) in [6, 6.07) is 12.2. The molecule has 0 aliphatic carbocycles. The molecule has 156 valence electrons. The highest BCUT2D eigenvalue weighted by Crippen LogP contribution is 2.25. The van der Waals surface area contributed by atoms with Crippen LogP contribution in [0.25, 0.3) is 0 Å². The van der Waals surface area contributed by atoms with Gasteiger partial charge in [0.05, 0.1) is 18.5 Å². The molecule has 0 aliphatic rings. The summed E-state index contributed by atoms with van der Waals surface area (Å²) in [4.78, 5) is 14.7. The lowest BCUT2D eigenvalue weighted by molar-refractivity contribution is 0.102. The number of carbonyl (C=O) groups excluding carboxylic acids is 1. The van der Waals surface area contributed by atoms with Crippen LogP contribution in [0.2, 0.25) is 0 Å². The number of nitrogens with two attached hydrogens (primary N) is 1. The Morgan fingerprint density at radius 1 is 1.04 bits per heavy atom. The Bertz CT molecular complexity index is 723. The van der Waals surface area contributed by atoms with Crippen molar-refractivity contribution in [3.8, 4) is 11.5 Å². The second kappa shape index (κ2) is 13.1. The summed E-state index contributed by atoms with van der Waals surface area (Å²) in [6.07, 6.45) is 0. The SMILES string of the molecule is CCN(CC)CCOc1ccc(C(=O)Nc2cc(OC)ccc2N)cc1.Cl.Cl. The number of hydrogen-bond donors (Lipinski definition) is 2. The van der Waals surface area contributed by atoms with Crippen molar-refractivity contribution in [2.24, 2.45) is 0 Å². The van der Waals surface area contributed by atoms with Crippen molar-refractivity contribution in [3.63, 3.8) is 0 Å². The summed E-state index contributed by atoms with van der Waals surface area (Å²) in [5.41, 5.74) is 7.44. The van der Waals surface area contributed by atoms with Crippen LogP contribution in [-0.2, 0) is 0 Å². The van der Waals surface area contributed by atoms with Crippen LogP contribution in [0.5, 0.6) is 11.5 Å². The van der Waals surface area contributed by atoms with Crippen LogP contribution in [0.15, 0.2) is 42.5 Å². The predicted octanol–water partition coefficient (Wildman–Crippen LogP) is 4.09. The quantitative estimate of drug-likeness (QED) is 0.586. The average molecular weight is 430 g/mol. The summed E-state index contributed by atoms with van der Waals surface area (Å²) in [5, 5.41) is 2.80. The third kappa shape index (κ3) is 7.46. The number of halogens is 2. The number of anilines is 2. The monoisotopic (exact) mass is 429 g/mol. The topological polar surface area (TPSA) is 76.8 Å². The van der Waals surface area contributed by atoms with E-state index in [4.69, 9.17) is 15.2 Å². The largest absolute Gasteiger partial charge is 0.497 e. The third-order valence-electron chi connectivity index (χ3n) is 4.20. The molecule has 0 spiro atoms. The Kier molecular flexibility index (Phi) is 12.1. The third-order valence-corrected chi connectivity index (χ3v) is 4.20. The molecule has 0 fully saturated rings. The zero-order valence-corrected chi connectivity index (χ0v) is 18.1. The Hall–Kier alpha value is -2.15. The average Bonchev–Trinajstić information content (AvgIpc) is 2.67. The zero-order valence-electron chi connectivity index (χ0n) is 16.4. The van der Waals surface area contributed by atoms with Gasteiger partial charge in [0.2, 0.25) is 0 Å². The fourth-order valence-corrected chi connectivity index (χ4v) is 2.50. The Morgan fingerprint density at radius 2 is 1.64 bits per heavy atom. The van der Waals surface area contributed by atoms with Crippen molar-refractivity contribution in [1.82, 2.24) is 4.90 Å². The van der Waals surface area contributed by atoms with Crippen LogP contribution >= 0.6 is 24.8 Å². The highest BCUT2D eigenvalue weighted by atomic mass is 35.5. The van der Waals surface area contributed by atoms with Crippen LogP contribution < -0.4 is 20.5 Å². The number of nitrogens with one attached hydrogen (secondary N) is 1. The predicted molar refractivity (Wildman–Crippen MR) is 120 cm³/mol. The molecule has 8 heteroatoms. The van der Waals surface area contributed by atoms with Crippen molar-refractivity contribution in [2.45, 2.75) is 13.8 Å². The van der Waals surface area contributed by atoms with Gasteiger partial charge in [-0.25, -0.2) is 0 Å². The summed E-state index contributed by atoms with van der Waals surface area (Å²) in [7, 11) is 1.57. The van der Waals surface area contributed by atoms with Crippen LogP contribution in [0.1, 0.15) is 24.2 Å². The summed E-state index contributed by atoms with van der Waals surface area (Å²) in [6.45, 7) is 7.77. The van der Waals surface area contributed by atoms with E-state index in [-0.39, 0.29) is 30.7 Å². The van der Waals surface area contributed by atoms with Gasteiger partial charge in [-0.3, -0.25) is 4.79 Å². The lowest BCUT2D eigenvalue weighted by atomic mass is 10.2. The van der Waals surface area contributed by atoms with Gasteiger partial charge >= 0.3 is 0 Å². The van der Waals surface area contributed by atoms with E-state index in [1.54, 1.807) is 49.6 Å². The fraction of sp³-hybridized carbons (Fsp3) is 0.350. The standard InChI is InChI=1S/C20H27N3O3.2ClH/c1-4-23(5-2)12-13-26-16-8-6-15(7-9-16)20(24)22-19-14-17(25-3)10-11-18(19)21;;/h6-11,14H,4-5,12-13,21H2,1-3H3,(H,22,24);2*1H. The van der Waals surface area contributed by atoms with Crippen LogP contribution in [0.3, 0.4) is 0 Å². The number of likely N-dealkylation sites (N-methyl/N-ethyl adjacent to an activating group) is 1. The van der Waals surface area contributed by atoms with Crippen LogP contribution in [0.4, 0.5) is 11.4 Å². The smallest absolute Gasteiger partial charge is 0.255 e. The molecule has 0 unspecified atom stereocenters. The first-order valence-electron chi connectivity index (χ1n) is 8.77. The second-order valence-corrected chi connectivity index (χ2v) is 5.81. The maximum atomic E-state index is 12.4. The molecule has 0 aromatic heterocycles. The number of hydrogen-bond acceptors (Lipinski definition) is 5. The number of amides is 1. The minimum absolute atomic E-state index is 0. The first-order valence-corrected chi connectivity index (χ1v) is 8.77. The van der Waals surface area contributed by atoms with Gasteiger partial charge in [-0.15, -0.1) is 24.8 Å². The molecule has 0 radical (unpaired) electrons. The molecule has 6 nitrogen and oxygen atoms in total. The molecule has 0 aliphatic heterocycles. The summed E-state index contributed by atoms with van der Waals surface area (Å²) in [5.74, 6) is 1.14. The second-order valence-electron chi connectivity index (χ2n) is 5.81. The number of ether oxygens (including phenoxy) is 2. The van der Waals surface area contributed by atoms with Crippen LogP contribution in [-0.4, -0.2) is 44.2 Å². The Labute approximate surface area is 179 Å². The van der Waals surface area contributed by atoms with Gasteiger partial charge < -0.3 is 25.4 Å². The minimum Gasteiger partial charge on any atom is -0.497 e. The number of methoxy groups -OCH3 is 1. The Balaban J connectivity index is 0.00000364. The van der Waals surface area contributed by atoms with Gasteiger partial charge in [-0.2, -0.15) is 0 Å². The Morgan fingerprint density at radius 3 is 2.21 bits per heavy atom. The number of carbonyl (C=O) groups is 1. The van der Waals surface area contributed by atoms with Crippen molar-refractivity contribution < 1.29 is 14.3 Å². The van der Waals surface area contributed by atoms with Gasteiger partial charge in [0, 0.05) is 18.2 Å². The molecule has 0 heterocycles. The minimum atomic E-state index is -0.236. The highest BCUT2D eigenvalue weighted by molar-refractivity contribution is 6.05. The van der Waals surface area contributed by atoms with Crippen molar-refractivity contribution in [3.05, 3.63) is 48.0 Å². The van der Waals surface area contributed by atoms with Crippen molar-refractivity contribution in [1.29, 1.82) is 0 Å². The molecule has 0 saturated heterocycles. The first-order chi connectivity index (χ1) is 12.6. The molecule has 0 atom stereocenters. The first kappa shape index (κ1) is 25.9. The molecule has 3 N–H and O–H groups in total. The molecule has 0 bridgehead atoms. The van der Waals surface area contributed by atoms with E-state index in [0.717, 1.165) is 25.4 Å². The van der Waals surface area contributed by atoms with Gasteiger partial charge in [0.25, 0.3) is 5.91 Å². The number of benzene rings is 2. The van der Waals surface area contributed by atoms with Gasteiger partial charge in [-0.1, -0.05) is 13.8 Å². The van der Waals surface area contributed by atoms with E-state index in [1.165, 1.54) is 0 Å². The maximum Gasteiger partial charge on any atom is 0.255 e.